The van der Waals surface area contributed by atoms with Gasteiger partial charge in [0.25, 0.3) is 11.8 Å². The first-order valence-corrected chi connectivity index (χ1v) is 14.8. The van der Waals surface area contributed by atoms with Crippen molar-refractivity contribution in [1.82, 2.24) is 10.6 Å². The summed E-state index contributed by atoms with van der Waals surface area (Å²) in [6.07, 6.45) is 2.95. The van der Waals surface area contributed by atoms with Crippen molar-refractivity contribution < 1.29 is 26.8 Å². The predicted molar refractivity (Wildman–Crippen MR) is 153 cm³/mol. The molecule has 3 aromatic carbocycles. The Bertz CT molecular complexity index is 1740. The zero-order valence-electron chi connectivity index (χ0n) is 22.7. The highest BCUT2D eigenvalue weighted by Gasteiger charge is 2.38. The number of rotatable bonds is 8. The molecule has 2 N–H and O–H groups in total. The van der Waals surface area contributed by atoms with Gasteiger partial charge in [-0.1, -0.05) is 12.1 Å². The number of sulfonamides is 1. The van der Waals surface area contributed by atoms with Crippen molar-refractivity contribution >= 4 is 38.5 Å². The van der Waals surface area contributed by atoms with E-state index in [4.69, 9.17) is 4.42 Å². The Morgan fingerprint density at radius 1 is 1.02 bits per heavy atom. The Morgan fingerprint density at radius 2 is 1.73 bits per heavy atom. The van der Waals surface area contributed by atoms with Crippen LogP contribution in [0.2, 0.25) is 0 Å². The van der Waals surface area contributed by atoms with Gasteiger partial charge in [-0.3, -0.25) is 13.9 Å². The van der Waals surface area contributed by atoms with E-state index in [9.17, 15) is 22.4 Å². The lowest BCUT2D eigenvalue weighted by molar-refractivity contribution is 0.0933. The van der Waals surface area contributed by atoms with Crippen LogP contribution >= 0.6 is 0 Å². The van der Waals surface area contributed by atoms with Gasteiger partial charge in [-0.25, -0.2) is 12.8 Å². The second-order valence-corrected chi connectivity index (χ2v) is 12.2. The lowest BCUT2D eigenvalue weighted by atomic mass is 9.97. The third kappa shape index (κ3) is 5.19. The first-order chi connectivity index (χ1) is 18.9. The van der Waals surface area contributed by atoms with Gasteiger partial charge in [0.15, 0.2) is 0 Å². The second kappa shape index (κ2) is 10.1. The number of fused-ring (bicyclic) bond motifs is 1. The maximum Gasteiger partial charge on any atom is 0.255 e. The summed E-state index contributed by atoms with van der Waals surface area (Å²) in [5.74, 6) is -0.839. The first-order valence-electron chi connectivity index (χ1n) is 12.9. The summed E-state index contributed by atoms with van der Waals surface area (Å²) >= 11 is 0. The molecule has 0 unspecified atom stereocenters. The van der Waals surface area contributed by atoms with Gasteiger partial charge in [0.05, 0.1) is 17.5 Å². The number of furan rings is 1. The van der Waals surface area contributed by atoms with E-state index in [1.54, 1.807) is 43.3 Å². The summed E-state index contributed by atoms with van der Waals surface area (Å²) in [6, 6.07) is 15.8. The molecule has 8 nitrogen and oxygen atoms in total. The average molecular weight is 564 g/mol. The van der Waals surface area contributed by atoms with Crippen LogP contribution in [0.25, 0.3) is 33.4 Å². The molecular weight excluding hydrogens is 533 g/mol. The van der Waals surface area contributed by atoms with Crippen molar-refractivity contribution in [2.75, 3.05) is 24.2 Å². The van der Waals surface area contributed by atoms with Crippen molar-refractivity contribution in [2.24, 2.45) is 0 Å². The number of amides is 2. The summed E-state index contributed by atoms with van der Waals surface area (Å²) < 4.78 is 46.7. The van der Waals surface area contributed by atoms with Crippen LogP contribution in [0.3, 0.4) is 0 Å². The molecule has 1 aliphatic carbocycles. The smallest absolute Gasteiger partial charge is 0.255 e. The van der Waals surface area contributed by atoms with Crippen LogP contribution in [0, 0.1) is 5.82 Å². The van der Waals surface area contributed by atoms with Crippen LogP contribution in [0.5, 0.6) is 0 Å². The highest BCUT2D eigenvalue weighted by molar-refractivity contribution is 7.92. The van der Waals surface area contributed by atoms with Gasteiger partial charge in [-0.2, -0.15) is 0 Å². The summed E-state index contributed by atoms with van der Waals surface area (Å²) in [6.45, 7) is 3.85. The molecule has 0 saturated heterocycles. The molecule has 1 aromatic heterocycles. The number of hydrogen-bond donors (Lipinski definition) is 2. The van der Waals surface area contributed by atoms with Crippen LogP contribution in [-0.2, 0) is 10.0 Å². The molecule has 208 valence electrons. The Balaban J connectivity index is 1.76. The van der Waals surface area contributed by atoms with E-state index in [1.807, 2.05) is 6.92 Å². The predicted octanol–water partition coefficient (Wildman–Crippen LogP) is 5.33. The Morgan fingerprint density at radius 3 is 2.33 bits per heavy atom. The Hall–Kier alpha value is -4.18. The van der Waals surface area contributed by atoms with E-state index in [2.05, 4.69) is 10.6 Å². The minimum Gasteiger partial charge on any atom is -0.455 e. The molecule has 40 heavy (non-hydrogen) atoms. The van der Waals surface area contributed by atoms with Gasteiger partial charge in [0, 0.05) is 47.3 Å². The molecule has 5 rings (SSSR count). The minimum atomic E-state index is -3.70. The maximum absolute atomic E-state index is 13.6. The van der Waals surface area contributed by atoms with Crippen molar-refractivity contribution in [3.05, 3.63) is 77.6 Å². The molecule has 1 aliphatic rings. The van der Waals surface area contributed by atoms with Gasteiger partial charge in [0.1, 0.15) is 17.2 Å². The van der Waals surface area contributed by atoms with Gasteiger partial charge >= 0.3 is 0 Å². The van der Waals surface area contributed by atoms with E-state index in [-0.39, 0.29) is 34.9 Å². The van der Waals surface area contributed by atoms with E-state index in [0.717, 1.165) is 19.1 Å². The molecule has 4 aromatic rings. The standard InChI is InChI=1S/C30H30FN3O5S/c1-5-34(40(4,37)38)24-17-25-23(26(29(36)32-3)27(39-25)18-9-11-21(31)12-10-18)16-22(24)19-7-6-8-20(15-19)28(35)33-30(2)13-14-30/h6-12,15-17H,5,13-14H2,1-4H3,(H,32,36)(H,33,35). The fraction of sp³-hybridized carbons (Fsp3) is 0.267. The summed E-state index contributed by atoms with van der Waals surface area (Å²) in [4.78, 5) is 26.1. The monoisotopic (exact) mass is 563 g/mol. The third-order valence-corrected chi connectivity index (χ3v) is 8.43. The van der Waals surface area contributed by atoms with Crippen LogP contribution in [0.15, 0.2) is 65.1 Å². The van der Waals surface area contributed by atoms with Crippen LogP contribution in [-0.4, -0.2) is 45.6 Å². The Labute approximate surface area is 232 Å². The van der Waals surface area contributed by atoms with Crippen molar-refractivity contribution in [3.8, 4) is 22.5 Å². The lowest BCUT2D eigenvalue weighted by Gasteiger charge is -2.24. The SMILES string of the molecule is CCN(c1cc2oc(-c3ccc(F)cc3)c(C(=O)NC)c2cc1-c1cccc(C(=O)NC2(C)CC2)c1)S(C)(=O)=O. The first kappa shape index (κ1) is 27.4. The number of halogens is 1. The molecule has 10 heteroatoms. The largest absolute Gasteiger partial charge is 0.455 e. The minimum absolute atomic E-state index is 0.143. The average Bonchev–Trinajstić information content (AvgIpc) is 3.52. The number of anilines is 1. The summed E-state index contributed by atoms with van der Waals surface area (Å²) in [7, 11) is -2.20. The third-order valence-electron chi connectivity index (χ3n) is 7.17. The van der Waals surface area contributed by atoms with Crippen molar-refractivity contribution in [2.45, 2.75) is 32.2 Å². The zero-order valence-corrected chi connectivity index (χ0v) is 23.5. The zero-order chi connectivity index (χ0) is 28.8. The molecule has 0 spiro atoms. The fourth-order valence-electron chi connectivity index (χ4n) is 4.79. The number of nitrogens with zero attached hydrogens (tertiary/aromatic N) is 1. The number of carbonyl (C=O) groups excluding carboxylic acids is 2. The van der Waals surface area contributed by atoms with E-state index < -0.39 is 21.7 Å². The number of hydrogen-bond acceptors (Lipinski definition) is 5. The van der Waals surface area contributed by atoms with Crippen LogP contribution in [0.1, 0.15) is 47.4 Å². The van der Waals surface area contributed by atoms with Crippen molar-refractivity contribution in [3.63, 3.8) is 0 Å². The van der Waals surface area contributed by atoms with E-state index >= 15 is 0 Å². The highest BCUT2D eigenvalue weighted by Crippen LogP contribution is 2.42. The van der Waals surface area contributed by atoms with E-state index in [1.165, 1.54) is 35.6 Å². The summed E-state index contributed by atoms with van der Waals surface area (Å²) in [5, 5.41) is 6.12. The number of nitrogens with one attached hydrogen (secondary N) is 2. The molecule has 0 atom stereocenters. The lowest BCUT2D eigenvalue weighted by Crippen LogP contribution is -2.34. The highest BCUT2D eigenvalue weighted by atomic mass is 32.2. The molecule has 0 radical (unpaired) electrons. The molecule has 0 aliphatic heterocycles. The van der Waals surface area contributed by atoms with E-state index in [0.29, 0.717) is 33.3 Å². The molecule has 1 fully saturated rings. The molecule has 1 heterocycles. The fourth-order valence-corrected chi connectivity index (χ4v) is 5.77. The van der Waals surface area contributed by atoms with Gasteiger partial charge in [-0.05, 0) is 74.7 Å². The second-order valence-electron chi connectivity index (χ2n) is 10.3. The molecular formula is C30H30FN3O5S. The maximum atomic E-state index is 13.6. The molecule has 0 bridgehead atoms. The normalized spacial score (nSPS) is 14.1. The number of benzene rings is 3. The number of carbonyl (C=O) groups is 2. The van der Waals surface area contributed by atoms with Gasteiger partial charge in [-0.15, -0.1) is 0 Å². The van der Waals surface area contributed by atoms with Crippen LogP contribution in [0.4, 0.5) is 10.1 Å². The Kier molecular flexibility index (Phi) is 6.91. The summed E-state index contributed by atoms with van der Waals surface area (Å²) in [5.41, 5.74) is 2.68. The van der Waals surface area contributed by atoms with Gasteiger partial charge < -0.3 is 15.1 Å². The van der Waals surface area contributed by atoms with Gasteiger partial charge in [0.2, 0.25) is 10.0 Å². The topological polar surface area (TPSA) is 109 Å². The van der Waals surface area contributed by atoms with Crippen molar-refractivity contribution in [1.29, 1.82) is 0 Å². The molecule has 1 saturated carbocycles. The van der Waals surface area contributed by atoms with Crippen LogP contribution < -0.4 is 14.9 Å². The quantitative estimate of drug-likeness (QED) is 0.301. The molecule has 2 amide bonds.